The quantitative estimate of drug-likeness (QED) is 0.442. The lowest BCUT2D eigenvalue weighted by Crippen LogP contribution is -2.38. The van der Waals surface area contributed by atoms with Crippen LogP contribution in [0.5, 0.6) is 5.75 Å². The van der Waals surface area contributed by atoms with Crippen molar-refractivity contribution in [2.24, 2.45) is 0 Å². The number of nitrogens with zero attached hydrogens (tertiary/aromatic N) is 3. The monoisotopic (exact) mass is 507 g/mol. The molecule has 0 unspecified atom stereocenters. The van der Waals surface area contributed by atoms with Crippen LogP contribution in [-0.4, -0.2) is 59.0 Å². The van der Waals surface area contributed by atoms with E-state index in [4.69, 9.17) is 19.7 Å². The molecule has 4 rings (SSSR count). The molecule has 0 saturated heterocycles. The molecule has 3 aromatic rings. The molecule has 0 atom stereocenters. The van der Waals surface area contributed by atoms with Crippen LogP contribution < -0.4 is 15.8 Å². The normalized spacial score (nSPS) is 14.2. The number of rotatable bonds is 7. The van der Waals surface area contributed by atoms with Crippen LogP contribution in [0.3, 0.4) is 0 Å². The average molecular weight is 508 g/mol. The fraction of sp³-hybridized carbons (Fsp3) is 0.464. The van der Waals surface area contributed by atoms with Gasteiger partial charge in [-0.25, -0.2) is 4.79 Å². The van der Waals surface area contributed by atoms with Gasteiger partial charge in [-0.1, -0.05) is 17.3 Å². The van der Waals surface area contributed by atoms with Gasteiger partial charge in [0.2, 0.25) is 5.82 Å². The second-order valence-electron chi connectivity index (χ2n) is 10.6. The molecule has 3 N–H and O–H groups in total. The first kappa shape index (κ1) is 26.5. The van der Waals surface area contributed by atoms with Crippen LogP contribution in [-0.2, 0) is 17.6 Å². The minimum Gasteiger partial charge on any atom is -0.489 e. The number of nitrogens with two attached hydrogens (primary N) is 1. The van der Waals surface area contributed by atoms with Gasteiger partial charge in [-0.2, -0.15) is 4.98 Å². The summed E-state index contributed by atoms with van der Waals surface area (Å²) in [5.41, 5.74) is 10.5. The number of carbonyl (C=O) groups is 1. The zero-order valence-corrected chi connectivity index (χ0v) is 22.3. The maximum absolute atomic E-state index is 11.9. The van der Waals surface area contributed by atoms with E-state index in [1.165, 1.54) is 11.1 Å². The van der Waals surface area contributed by atoms with E-state index >= 15 is 0 Å². The van der Waals surface area contributed by atoms with E-state index in [0.717, 1.165) is 43.6 Å². The van der Waals surface area contributed by atoms with Crippen molar-refractivity contribution in [2.75, 3.05) is 31.9 Å². The molecule has 9 heteroatoms. The van der Waals surface area contributed by atoms with E-state index in [9.17, 15) is 4.79 Å². The highest BCUT2D eigenvalue weighted by molar-refractivity contribution is 5.68. The van der Waals surface area contributed by atoms with Crippen LogP contribution in [0.2, 0.25) is 0 Å². The van der Waals surface area contributed by atoms with E-state index in [1.807, 2.05) is 52.8 Å². The van der Waals surface area contributed by atoms with Gasteiger partial charge in [0.1, 0.15) is 11.4 Å². The minimum atomic E-state index is -0.494. The number of nitrogens with one attached hydrogen (secondary N) is 1. The number of anilines is 1. The highest BCUT2D eigenvalue weighted by Gasteiger charge is 2.19. The van der Waals surface area contributed by atoms with Crippen molar-refractivity contribution in [3.05, 3.63) is 47.5 Å². The van der Waals surface area contributed by atoms with E-state index < -0.39 is 5.60 Å². The number of alkyl carbamates (subject to hydrolysis) is 1. The van der Waals surface area contributed by atoms with Gasteiger partial charge in [-0.3, -0.25) is 0 Å². The molecule has 0 fully saturated rings. The van der Waals surface area contributed by atoms with Crippen LogP contribution in [0.25, 0.3) is 22.8 Å². The summed E-state index contributed by atoms with van der Waals surface area (Å²) in [5, 5.41) is 7.06. The number of carbonyl (C=O) groups excluding carboxylic acids is 1. The predicted molar refractivity (Wildman–Crippen MR) is 143 cm³/mol. The Morgan fingerprint density at radius 3 is 2.54 bits per heavy atom. The zero-order chi connectivity index (χ0) is 26.6. The van der Waals surface area contributed by atoms with Gasteiger partial charge in [-0.15, -0.1) is 0 Å². The fourth-order valence-corrected chi connectivity index (χ4v) is 4.27. The summed E-state index contributed by atoms with van der Waals surface area (Å²) < 4.78 is 16.6. The summed E-state index contributed by atoms with van der Waals surface area (Å²) in [7, 11) is 0. The van der Waals surface area contributed by atoms with Crippen LogP contribution >= 0.6 is 0 Å². The molecule has 0 spiro atoms. The molecule has 2 heterocycles. The SMILES string of the molecule is CC(C)Oc1ccc(-c2nc(-c3ccc4c(c3)CCN(CCNC(=O)OC(C)(C)C)CC4)no2)cc1N. The lowest BCUT2D eigenvalue weighted by Gasteiger charge is -2.22. The van der Waals surface area contributed by atoms with Gasteiger partial charge in [0.05, 0.1) is 11.8 Å². The lowest BCUT2D eigenvalue weighted by molar-refractivity contribution is 0.0522. The van der Waals surface area contributed by atoms with E-state index in [2.05, 4.69) is 32.5 Å². The number of hydrogen-bond donors (Lipinski definition) is 2. The summed E-state index contributed by atoms with van der Waals surface area (Å²) in [4.78, 5) is 18.9. The molecule has 0 bridgehead atoms. The molecule has 1 amide bonds. The molecule has 0 aliphatic carbocycles. The first-order valence-corrected chi connectivity index (χ1v) is 12.8. The maximum atomic E-state index is 11.9. The average Bonchev–Trinajstić information content (AvgIpc) is 3.22. The Hall–Kier alpha value is -3.59. The van der Waals surface area contributed by atoms with Crippen LogP contribution in [0.15, 0.2) is 40.9 Å². The number of fused-ring (bicyclic) bond motifs is 1. The molecule has 9 nitrogen and oxygen atoms in total. The Morgan fingerprint density at radius 1 is 1.11 bits per heavy atom. The van der Waals surface area contributed by atoms with Crippen LogP contribution in [0, 0.1) is 0 Å². The third-order valence-electron chi connectivity index (χ3n) is 6.00. The Labute approximate surface area is 218 Å². The topological polar surface area (TPSA) is 116 Å². The van der Waals surface area contributed by atoms with Crippen LogP contribution in [0.4, 0.5) is 10.5 Å². The van der Waals surface area contributed by atoms with Crippen molar-refractivity contribution < 1.29 is 18.8 Å². The Balaban J connectivity index is 1.37. The minimum absolute atomic E-state index is 0.0392. The number of amides is 1. The summed E-state index contributed by atoms with van der Waals surface area (Å²) in [6.45, 7) is 12.7. The molecule has 0 saturated carbocycles. The highest BCUT2D eigenvalue weighted by atomic mass is 16.6. The smallest absolute Gasteiger partial charge is 0.407 e. The fourth-order valence-electron chi connectivity index (χ4n) is 4.27. The second kappa shape index (κ2) is 11.2. The van der Waals surface area contributed by atoms with Gasteiger partial charge in [0.25, 0.3) is 5.89 Å². The van der Waals surface area contributed by atoms with Crippen molar-refractivity contribution in [1.29, 1.82) is 0 Å². The van der Waals surface area contributed by atoms with Gasteiger partial charge >= 0.3 is 6.09 Å². The van der Waals surface area contributed by atoms with Gasteiger partial charge in [0, 0.05) is 37.3 Å². The van der Waals surface area contributed by atoms with Gasteiger partial charge in [-0.05, 0) is 82.9 Å². The van der Waals surface area contributed by atoms with E-state index in [0.29, 0.717) is 29.7 Å². The van der Waals surface area contributed by atoms with Gasteiger partial charge in [0.15, 0.2) is 0 Å². The molecule has 2 aromatic carbocycles. The number of benzene rings is 2. The van der Waals surface area contributed by atoms with Gasteiger partial charge < -0.3 is 29.9 Å². The zero-order valence-electron chi connectivity index (χ0n) is 22.3. The Kier molecular flexibility index (Phi) is 8.02. The number of aromatic nitrogens is 2. The largest absolute Gasteiger partial charge is 0.489 e. The van der Waals surface area contributed by atoms with Crippen molar-refractivity contribution in [3.63, 3.8) is 0 Å². The third-order valence-corrected chi connectivity index (χ3v) is 6.00. The highest BCUT2D eigenvalue weighted by Crippen LogP contribution is 2.30. The Bertz CT molecular complexity index is 1230. The number of hydrogen-bond acceptors (Lipinski definition) is 8. The summed E-state index contributed by atoms with van der Waals surface area (Å²) in [6.07, 6.45) is 1.52. The lowest BCUT2D eigenvalue weighted by atomic mass is 10.00. The molecule has 1 aromatic heterocycles. The molecule has 1 aliphatic heterocycles. The molecule has 0 radical (unpaired) electrons. The van der Waals surface area contributed by atoms with Crippen molar-refractivity contribution >= 4 is 11.8 Å². The third kappa shape index (κ3) is 7.22. The number of ether oxygens (including phenoxy) is 2. The summed E-state index contributed by atoms with van der Waals surface area (Å²) >= 11 is 0. The van der Waals surface area contributed by atoms with Crippen molar-refractivity contribution in [2.45, 2.75) is 59.2 Å². The van der Waals surface area contributed by atoms with Crippen molar-refractivity contribution in [1.82, 2.24) is 20.4 Å². The predicted octanol–water partition coefficient (Wildman–Crippen LogP) is 4.70. The second-order valence-corrected chi connectivity index (χ2v) is 10.6. The first-order chi connectivity index (χ1) is 17.6. The van der Waals surface area contributed by atoms with Crippen LogP contribution in [0.1, 0.15) is 45.7 Å². The molecule has 37 heavy (non-hydrogen) atoms. The van der Waals surface area contributed by atoms with E-state index in [-0.39, 0.29) is 12.2 Å². The first-order valence-electron chi connectivity index (χ1n) is 12.8. The van der Waals surface area contributed by atoms with E-state index in [1.54, 1.807) is 6.07 Å². The van der Waals surface area contributed by atoms with Crippen molar-refractivity contribution in [3.8, 4) is 28.6 Å². The summed E-state index contributed by atoms with van der Waals surface area (Å²) in [5.74, 6) is 1.59. The standard InChI is InChI=1S/C28H37N5O4/c1-18(2)35-24-9-8-22(17-23(24)29)26-31-25(32-37-26)21-7-6-19-10-13-33(14-11-20(19)16-21)15-12-30-27(34)36-28(3,4)5/h6-9,16-18H,10-15,29H2,1-5H3,(H,30,34). The number of nitrogen functional groups attached to an aromatic ring is 1. The molecule has 1 aliphatic rings. The summed E-state index contributed by atoms with van der Waals surface area (Å²) in [6, 6.07) is 11.8. The Morgan fingerprint density at radius 2 is 1.84 bits per heavy atom. The molecule has 198 valence electrons. The maximum Gasteiger partial charge on any atom is 0.407 e. The molecular formula is C28H37N5O4. The molecular weight excluding hydrogens is 470 g/mol.